The molecule has 0 saturated carbocycles. The molecule has 8 nitrogen and oxygen atoms in total. The summed E-state index contributed by atoms with van der Waals surface area (Å²) < 4.78 is 5.22. The molecule has 2 saturated heterocycles. The van der Waals surface area contributed by atoms with Gasteiger partial charge in [-0.25, -0.2) is 0 Å². The van der Waals surface area contributed by atoms with Crippen LogP contribution in [-0.2, 0) is 9.53 Å². The SMILES string of the molecule is NC1NC(=O)[C@]2(O[C@H](CO)[C@@H](O)[C@H](O)[C@H]2O)S1. The Morgan fingerprint density at radius 3 is 2.53 bits per heavy atom. The van der Waals surface area contributed by atoms with Crippen LogP contribution in [0.5, 0.6) is 0 Å². The van der Waals surface area contributed by atoms with Crippen molar-refractivity contribution in [2.45, 2.75) is 34.8 Å². The summed E-state index contributed by atoms with van der Waals surface area (Å²) in [5.41, 5.74) is 4.71. The van der Waals surface area contributed by atoms with Gasteiger partial charge in [0.2, 0.25) is 4.93 Å². The second-order valence-electron chi connectivity index (χ2n) is 3.94. The number of thioether (sulfide) groups is 1. The second kappa shape index (κ2) is 4.35. The number of nitrogens with one attached hydrogen (secondary N) is 1. The molecule has 0 aromatic heterocycles. The van der Waals surface area contributed by atoms with Crippen LogP contribution in [0.15, 0.2) is 0 Å². The second-order valence-corrected chi connectivity index (χ2v) is 5.29. The zero-order valence-corrected chi connectivity index (χ0v) is 9.50. The quantitative estimate of drug-likeness (QED) is 0.284. The summed E-state index contributed by atoms with van der Waals surface area (Å²) in [6.07, 6.45) is -5.84. The van der Waals surface area contributed by atoms with Crippen LogP contribution in [0.25, 0.3) is 0 Å². The predicted molar refractivity (Wildman–Crippen MR) is 56.4 cm³/mol. The van der Waals surface area contributed by atoms with Gasteiger partial charge in [-0.3, -0.25) is 4.79 Å². The Kier molecular flexibility index (Phi) is 3.34. The maximum Gasteiger partial charge on any atom is 0.267 e. The molecule has 2 aliphatic rings. The van der Waals surface area contributed by atoms with E-state index in [0.717, 1.165) is 11.8 Å². The fourth-order valence-electron chi connectivity index (χ4n) is 1.93. The molecule has 1 unspecified atom stereocenters. The summed E-state index contributed by atoms with van der Waals surface area (Å²) in [5, 5.41) is 40.4. The number of rotatable bonds is 1. The maximum atomic E-state index is 11.7. The van der Waals surface area contributed by atoms with E-state index in [0.29, 0.717) is 0 Å². The Balaban J connectivity index is 2.31. The number of carbonyl (C=O) groups excluding carboxylic acids is 1. The molecule has 7 N–H and O–H groups in total. The number of aliphatic hydroxyl groups excluding tert-OH is 4. The Hall–Kier alpha value is -0.420. The number of amides is 1. The van der Waals surface area contributed by atoms with Crippen LogP contribution in [-0.4, -0.2) is 67.8 Å². The van der Waals surface area contributed by atoms with Crippen LogP contribution in [0.1, 0.15) is 0 Å². The lowest BCUT2D eigenvalue weighted by Crippen LogP contribution is -2.66. The first kappa shape index (κ1) is 13.0. The highest BCUT2D eigenvalue weighted by atomic mass is 32.2. The van der Waals surface area contributed by atoms with Gasteiger partial charge in [-0.15, -0.1) is 0 Å². The van der Waals surface area contributed by atoms with E-state index in [1.165, 1.54) is 0 Å². The summed E-state index contributed by atoms with van der Waals surface area (Å²) in [6.45, 7) is -0.588. The van der Waals surface area contributed by atoms with Crippen molar-refractivity contribution in [1.29, 1.82) is 0 Å². The minimum Gasteiger partial charge on any atom is -0.394 e. The van der Waals surface area contributed by atoms with Crippen molar-refractivity contribution in [2.24, 2.45) is 5.73 Å². The molecule has 98 valence electrons. The Morgan fingerprint density at radius 1 is 1.41 bits per heavy atom. The lowest BCUT2D eigenvalue weighted by molar-refractivity contribution is -0.236. The van der Waals surface area contributed by atoms with Crippen molar-refractivity contribution in [3.05, 3.63) is 0 Å². The van der Waals surface area contributed by atoms with E-state index in [2.05, 4.69) is 5.32 Å². The predicted octanol–water partition coefficient (Wildman–Crippen LogP) is -3.74. The summed E-state index contributed by atoms with van der Waals surface area (Å²) >= 11 is 0.793. The fourth-order valence-corrected chi connectivity index (χ4v) is 3.09. The average molecular weight is 266 g/mol. The summed E-state index contributed by atoms with van der Waals surface area (Å²) in [7, 11) is 0. The van der Waals surface area contributed by atoms with Gasteiger partial charge in [0.1, 0.15) is 29.9 Å². The molecule has 1 amide bonds. The molecule has 0 aromatic rings. The number of carbonyl (C=O) groups is 1. The molecular weight excluding hydrogens is 252 g/mol. The van der Waals surface area contributed by atoms with Gasteiger partial charge in [-0.2, -0.15) is 0 Å². The molecule has 1 spiro atoms. The largest absolute Gasteiger partial charge is 0.394 e. The summed E-state index contributed by atoms with van der Waals surface area (Å²) in [6, 6.07) is 0. The molecule has 0 radical (unpaired) electrons. The number of ether oxygens (including phenoxy) is 1. The topological polar surface area (TPSA) is 145 Å². The zero-order chi connectivity index (χ0) is 12.8. The van der Waals surface area contributed by atoms with Gasteiger partial charge < -0.3 is 36.2 Å². The molecule has 0 aromatic carbocycles. The minimum absolute atomic E-state index is 0.588. The Labute approximate surface area is 101 Å². The van der Waals surface area contributed by atoms with Crippen LogP contribution in [0.2, 0.25) is 0 Å². The van der Waals surface area contributed by atoms with Gasteiger partial charge in [0, 0.05) is 0 Å². The molecule has 0 bridgehead atoms. The standard InChI is InChI=1S/C8H14N2O6S/c9-7-10-6(15)8(17-7)5(14)4(13)3(12)2(1-11)16-8/h2-5,7,11-14H,1,9H2,(H,10,15)/t2-,3-,4+,5-,7?,8-/m1/s1. The van der Waals surface area contributed by atoms with Gasteiger partial charge >= 0.3 is 0 Å². The third kappa shape index (κ3) is 1.83. The van der Waals surface area contributed by atoms with Gasteiger partial charge in [-0.1, -0.05) is 11.8 Å². The summed E-state index contributed by atoms with van der Waals surface area (Å²) in [4.78, 5) is 9.93. The minimum atomic E-state index is -1.79. The van der Waals surface area contributed by atoms with Gasteiger partial charge in [0.25, 0.3) is 5.91 Å². The van der Waals surface area contributed by atoms with Gasteiger partial charge in [0.15, 0.2) is 0 Å². The van der Waals surface area contributed by atoms with E-state index >= 15 is 0 Å². The number of hydrogen-bond acceptors (Lipinski definition) is 8. The van der Waals surface area contributed by atoms with E-state index < -0.39 is 47.4 Å². The van der Waals surface area contributed by atoms with Crippen molar-refractivity contribution in [2.75, 3.05) is 6.61 Å². The van der Waals surface area contributed by atoms with Crippen molar-refractivity contribution >= 4 is 17.7 Å². The van der Waals surface area contributed by atoms with Crippen molar-refractivity contribution in [3.8, 4) is 0 Å². The van der Waals surface area contributed by atoms with E-state index in [-0.39, 0.29) is 0 Å². The van der Waals surface area contributed by atoms with Crippen LogP contribution in [0.3, 0.4) is 0 Å². The highest BCUT2D eigenvalue weighted by molar-refractivity contribution is 8.02. The lowest BCUT2D eigenvalue weighted by atomic mass is 9.94. The molecule has 2 rings (SSSR count). The number of hydrogen-bond donors (Lipinski definition) is 6. The Bertz CT molecular complexity index is 329. The van der Waals surface area contributed by atoms with E-state index in [4.69, 9.17) is 15.6 Å². The maximum absolute atomic E-state index is 11.7. The zero-order valence-electron chi connectivity index (χ0n) is 8.68. The van der Waals surface area contributed by atoms with Crippen molar-refractivity contribution in [3.63, 3.8) is 0 Å². The summed E-state index contributed by atoms with van der Waals surface area (Å²) in [5.74, 6) is -0.688. The number of nitrogens with two attached hydrogens (primary N) is 1. The first-order chi connectivity index (χ1) is 7.92. The van der Waals surface area contributed by atoms with Crippen LogP contribution >= 0.6 is 11.8 Å². The highest BCUT2D eigenvalue weighted by Gasteiger charge is 2.62. The first-order valence-electron chi connectivity index (χ1n) is 4.99. The van der Waals surface area contributed by atoms with Crippen molar-refractivity contribution in [1.82, 2.24) is 5.32 Å². The van der Waals surface area contributed by atoms with E-state index in [1.54, 1.807) is 0 Å². The number of aliphatic hydroxyl groups is 4. The normalized spacial score (nSPS) is 50.6. The van der Waals surface area contributed by atoms with Crippen LogP contribution < -0.4 is 11.1 Å². The van der Waals surface area contributed by atoms with Crippen LogP contribution in [0.4, 0.5) is 0 Å². The average Bonchev–Trinajstić information content (AvgIpc) is 2.57. The van der Waals surface area contributed by atoms with Crippen molar-refractivity contribution < 1.29 is 30.0 Å². The molecule has 2 fully saturated rings. The fraction of sp³-hybridized carbons (Fsp3) is 0.875. The highest BCUT2D eigenvalue weighted by Crippen LogP contribution is 2.43. The third-order valence-corrected chi connectivity index (χ3v) is 4.09. The molecular formula is C8H14N2O6S. The molecule has 2 aliphatic heterocycles. The van der Waals surface area contributed by atoms with Gasteiger partial charge in [0.05, 0.1) is 6.61 Å². The molecule has 0 aliphatic carbocycles. The van der Waals surface area contributed by atoms with Gasteiger partial charge in [-0.05, 0) is 0 Å². The monoisotopic (exact) mass is 266 g/mol. The first-order valence-corrected chi connectivity index (χ1v) is 5.87. The molecule has 17 heavy (non-hydrogen) atoms. The third-order valence-electron chi connectivity index (χ3n) is 2.84. The lowest BCUT2D eigenvalue weighted by Gasteiger charge is -2.44. The smallest absolute Gasteiger partial charge is 0.267 e. The molecule has 9 heteroatoms. The Morgan fingerprint density at radius 2 is 2.06 bits per heavy atom. The molecule has 2 heterocycles. The van der Waals surface area contributed by atoms with E-state index in [1.807, 2.05) is 0 Å². The van der Waals surface area contributed by atoms with Crippen LogP contribution in [0, 0.1) is 0 Å². The molecule has 6 atom stereocenters. The van der Waals surface area contributed by atoms with E-state index in [9.17, 15) is 20.1 Å².